The largest absolute Gasteiger partial charge is 0.497 e. The Hall–Kier alpha value is -1.29. The third-order valence-corrected chi connectivity index (χ3v) is 1.80. The first-order valence-corrected chi connectivity index (χ1v) is 4.25. The summed E-state index contributed by atoms with van der Waals surface area (Å²) in [6.45, 7) is 1.97. The molecule has 1 rings (SSSR count). The summed E-state index contributed by atoms with van der Waals surface area (Å²) in [4.78, 5) is 0. The Morgan fingerprint density at radius 3 is 2.77 bits per heavy atom. The van der Waals surface area contributed by atoms with Crippen LogP contribution in [0.3, 0.4) is 0 Å². The minimum Gasteiger partial charge on any atom is -0.497 e. The Morgan fingerprint density at radius 1 is 1.54 bits per heavy atom. The molecule has 0 aliphatic carbocycles. The van der Waals surface area contributed by atoms with Crippen molar-refractivity contribution in [3.8, 4) is 5.75 Å². The fourth-order valence-electron chi connectivity index (χ4n) is 0.995. The molecule has 0 bridgehead atoms. The normalized spacial score (nSPS) is 9.38. The summed E-state index contributed by atoms with van der Waals surface area (Å²) in [7, 11) is 1.62. The first-order valence-electron chi connectivity index (χ1n) is 3.84. The van der Waals surface area contributed by atoms with E-state index < -0.39 is 0 Å². The van der Waals surface area contributed by atoms with Crippen LogP contribution in [0, 0.1) is 6.92 Å². The van der Waals surface area contributed by atoms with E-state index >= 15 is 0 Å². The van der Waals surface area contributed by atoms with Crippen molar-refractivity contribution in [3.05, 3.63) is 23.8 Å². The van der Waals surface area contributed by atoms with Crippen LogP contribution in [-0.4, -0.2) is 12.2 Å². The topological polar surface area (TPSA) is 47.3 Å². The van der Waals surface area contributed by atoms with Crippen molar-refractivity contribution in [1.29, 1.82) is 0 Å². The molecule has 0 heterocycles. The van der Waals surface area contributed by atoms with Gasteiger partial charge in [0.1, 0.15) is 5.75 Å². The van der Waals surface area contributed by atoms with Crippen molar-refractivity contribution in [2.75, 3.05) is 12.4 Å². The molecule has 0 fully saturated rings. The second-order valence-electron chi connectivity index (χ2n) is 2.67. The zero-order valence-electron chi connectivity index (χ0n) is 7.63. The van der Waals surface area contributed by atoms with Gasteiger partial charge >= 0.3 is 0 Å². The van der Waals surface area contributed by atoms with E-state index in [0.29, 0.717) is 0 Å². The van der Waals surface area contributed by atoms with Gasteiger partial charge in [-0.15, -0.1) is 0 Å². The molecule has 0 aliphatic rings. The summed E-state index contributed by atoms with van der Waals surface area (Å²) in [5.74, 6) is 0.782. The molecule has 0 amide bonds. The van der Waals surface area contributed by atoms with Gasteiger partial charge in [-0.3, -0.25) is 0 Å². The maximum Gasteiger partial charge on any atom is 0.168 e. The van der Waals surface area contributed by atoms with Crippen molar-refractivity contribution in [1.82, 2.24) is 0 Å². The van der Waals surface area contributed by atoms with Crippen LogP contribution in [0.4, 0.5) is 5.69 Å². The third kappa shape index (κ3) is 2.59. The third-order valence-electron chi connectivity index (χ3n) is 1.70. The number of nitrogens with two attached hydrogens (primary N) is 1. The molecule has 4 heteroatoms. The number of thiocarbonyl (C=S) groups is 1. The molecule has 70 valence electrons. The Labute approximate surface area is 82.9 Å². The first-order chi connectivity index (χ1) is 6.13. The Morgan fingerprint density at radius 2 is 2.23 bits per heavy atom. The number of aryl methyl sites for hydroxylation is 1. The van der Waals surface area contributed by atoms with E-state index in [0.717, 1.165) is 17.0 Å². The van der Waals surface area contributed by atoms with Crippen LogP contribution >= 0.6 is 12.2 Å². The molecular formula is C9H12N2OS. The number of methoxy groups -OCH3 is 1. The molecule has 0 atom stereocenters. The van der Waals surface area contributed by atoms with Crippen molar-refractivity contribution < 1.29 is 4.74 Å². The minimum atomic E-state index is 0.261. The van der Waals surface area contributed by atoms with E-state index in [1.54, 1.807) is 7.11 Å². The van der Waals surface area contributed by atoms with Crippen LogP contribution < -0.4 is 15.8 Å². The van der Waals surface area contributed by atoms with Gasteiger partial charge in [0.05, 0.1) is 7.11 Å². The molecule has 0 unspecified atom stereocenters. The van der Waals surface area contributed by atoms with Gasteiger partial charge in [0.25, 0.3) is 0 Å². The smallest absolute Gasteiger partial charge is 0.168 e. The number of rotatable bonds is 2. The second kappa shape index (κ2) is 4.09. The zero-order valence-corrected chi connectivity index (χ0v) is 8.44. The average Bonchev–Trinajstić information content (AvgIpc) is 2.08. The molecule has 13 heavy (non-hydrogen) atoms. The monoisotopic (exact) mass is 196 g/mol. The molecule has 3 N–H and O–H groups in total. The summed E-state index contributed by atoms with van der Waals surface area (Å²) in [6, 6.07) is 5.69. The molecule has 0 aliphatic heterocycles. The van der Waals surface area contributed by atoms with Crippen LogP contribution in [0.25, 0.3) is 0 Å². The summed E-state index contributed by atoms with van der Waals surface area (Å²) in [5, 5.41) is 3.14. The quantitative estimate of drug-likeness (QED) is 0.706. The molecule has 0 saturated heterocycles. The van der Waals surface area contributed by atoms with Gasteiger partial charge in [-0.1, -0.05) is 6.07 Å². The summed E-state index contributed by atoms with van der Waals surface area (Å²) < 4.78 is 5.07. The van der Waals surface area contributed by atoms with Crippen LogP contribution in [0.1, 0.15) is 5.56 Å². The molecule has 0 saturated carbocycles. The highest BCUT2D eigenvalue weighted by atomic mass is 32.1. The Kier molecular flexibility index (Phi) is 3.08. The second-order valence-corrected chi connectivity index (χ2v) is 3.11. The summed E-state index contributed by atoms with van der Waals surface area (Å²) >= 11 is 4.74. The van der Waals surface area contributed by atoms with Crippen LogP contribution in [-0.2, 0) is 0 Å². The first kappa shape index (κ1) is 9.80. The van der Waals surface area contributed by atoms with Gasteiger partial charge < -0.3 is 15.8 Å². The van der Waals surface area contributed by atoms with Gasteiger partial charge in [-0.2, -0.15) is 0 Å². The zero-order chi connectivity index (χ0) is 9.84. The van der Waals surface area contributed by atoms with Gasteiger partial charge in [-0.25, -0.2) is 0 Å². The fourth-order valence-corrected chi connectivity index (χ4v) is 1.11. The van der Waals surface area contributed by atoms with E-state index in [9.17, 15) is 0 Å². The summed E-state index contributed by atoms with van der Waals surface area (Å²) in [5.41, 5.74) is 7.32. The predicted octanol–water partition coefficient (Wildman–Crippen LogP) is 1.66. The Balaban J connectivity index is 2.96. The number of benzene rings is 1. The number of nitrogens with one attached hydrogen (secondary N) is 1. The molecule has 0 radical (unpaired) electrons. The predicted molar refractivity (Wildman–Crippen MR) is 58.1 cm³/mol. The lowest BCUT2D eigenvalue weighted by Gasteiger charge is -2.09. The highest BCUT2D eigenvalue weighted by Crippen LogP contribution is 2.21. The van der Waals surface area contributed by atoms with Crippen molar-refractivity contribution in [2.24, 2.45) is 5.73 Å². The van der Waals surface area contributed by atoms with Crippen molar-refractivity contribution in [3.63, 3.8) is 0 Å². The molecule has 3 nitrogen and oxygen atoms in total. The van der Waals surface area contributed by atoms with E-state index in [1.807, 2.05) is 25.1 Å². The maximum atomic E-state index is 5.36. The molecule has 1 aromatic rings. The lowest BCUT2D eigenvalue weighted by atomic mass is 10.2. The lowest BCUT2D eigenvalue weighted by molar-refractivity contribution is 0.415. The van der Waals surface area contributed by atoms with Crippen molar-refractivity contribution in [2.45, 2.75) is 6.92 Å². The van der Waals surface area contributed by atoms with Crippen molar-refractivity contribution >= 4 is 23.0 Å². The molecule has 0 aromatic heterocycles. The fraction of sp³-hybridized carbons (Fsp3) is 0.222. The standard InChI is InChI=1S/C9H12N2OS/c1-6-3-4-7(12-2)5-8(6)11-9(10)13/h3-5H,1-2H3,(H3,10,11,13). The number of ether oxygens (including phenoxy) is 1. The maximum absolute atomic E-state index is 5.36. The van der Waals surface area contributed by atoms with Gasteiger partial charge in [-0.05, 0) is 30.8 Å². The van der Waals surface area contributed by atoms with E-state index in [-0.39, 0.29) is 5.11 Å². The number of hydrogen-bond donors (Lipinski definition) is 2. The molecule has 0 spiro atoms. The highest BCUT2D eigenvalue weighted by molar-refractivity contribution is 7.80. The van der Waals surface area contributed by atoms with Crippen LogP contribution in [0.2, 0.25) is 0 Å². The van der Waals surface area contributed by atoms with Gasteiger partial charge in [0, 0.05) is 11.8 Å². The summed E-state index contributed by atoms with van der Waals surface area (Å²) in [6.07, 6.45) is 0. The SMILES string of the molecule is COc1ccc(C)c(NC(N)=S)c1. The van der Waals surface area contributed by atoms with Crippen LogP contribution in [0.5, 0.6) is 5.75 Å². The Bertz CT molecular complexity index is 325. The van der Waals surface area contributed by atoms with Gasteiger partial charge in [0.2, 0.25) is 0 Å². The molecule has 1 aromatic carbocycles. The van der Waals surface area contributed by atoms with Crippen LogP contribution in [0.15, 0.2) is 18.2 Å². The molecular weight excluding hydrogens is 184 g/mol. The van der Waals surface area contributed by atoms with E-state index in [2.05, 4.69) is 5.32 Å². The lowest BCUT2D eigenvalue weighted by Crippen LogP contribution is -2.19. The number of anilines is 1. The van der Waals surface area contributed by atoms with Gasteiger partial charge in [0.15, 0.2) is 5.11 Å². The number of hydrogen-bond acceptors (Lipinski definition) is 2. The van der Waals surface area contributed by atoms with E-state index in [4.69, 9.17) is 22.7 Å². The minimum absolute atomic E-state index is 0.261. The highest BCUT2D eigenvalue weighted by Gasteiger charge is 2.00. The van der Waals surface area contributed by atoms with E-state index in [1.165, 1.54) is 0 Å². The average molecular weight is 196 g/mol.